The van der Waals surface area contributed by atoms with E-state index in [9.17, 15) is 4.39 Å². The van der Waals surface area contributed by atoms with Crippen molar-refractivity contribution < 1.29 is 4.39 Å². The van der Waals surface area contributed by atoms with Crippen LogP contribution in [0.3, 0.4) is 0 Å². The molecule has 2 N–H and O–H groups in total. The van der Waals surface area contributed by atoms with E-state index in [0.717, 1.165) is 5.69 Å². The van der Waals surface area contributed by atoms with Crippen molar-refractivity contribution in [1.29, 1.82) is 0 Å². The van der Waals surface area contributed by atoms with Crippen molar-refractivity contribution in [2.45, 2.75) is 19.8 Å². The van der Waals surface area contributed by atoms with Crippen LogP contribution in [0, 0.1) is 11.7 Å². The molecule has 3 nitrogen and oxygen atoms in total. The van der Waals surface area contributed by atoms with Crippen molar-refractivity contribution in [3.63, 3.8) is 0 Å². The monoisotopic (exact) mass is 281 g/mol. The molecule has 0 bridgehead atoms. The highest BCUT2D eigenvalue weighted by molar-refractivity contribution is 6.30. The molecule has 1 aromatic heterocycles. The molecule has 0 saturated heterocycles. The molecule has 0 aliphatic heterocycles. The lowest BCUT2D eigenvalue weighted by Crippen LogP contribution is -2.20. The zero-order valence-electron chi connectivity index (χ0n) is 11.0. The van der Waals surface area contributed by atoms with E-state index in [0.29, 0.717) is 18.2 Å². The van der Waals surface area contributed by atoms with Crippen LogP contribution in [0.1, 0.15) is 25.5 Å². The van der Waals surface area contributed by atoms with E-state index in [-0.39, 0.29) is 10.9 Å². The fraction of sp³-hybridized carbons (Fsp3) is 0.357. The maximum absolute atomic E-state index is 14.1. The van der Waals surface area contributed by atoms with Gasteiger partial charge < -0.3 is 5.73 Å². The Hall–Kier alpha value is -1.39. The minimum absolute atomic E-state index is 0.103. The lowest BCUT2D eigenvalue weighted by Gasteiger charge is -2.21. The maximum atomic E-state index is 14.1. The number of hydrogen-bond acceptors (Lipinski definition) is 2. The summed E-state index contributed by atoms with van der Waals surface area (Å²) in [5.74, 6) is 0.0338. The molecule has 0 fully saturated rings. The molecule has 0 amide bonds. The van der Waals surface area contributed by atoms with Gasteiger partial charge in [-0.15, -0.1) is 0 Å². The van der Waals surface area contributed by atoms with Crippen LogP contribution >= 0.6 is 11.6 Å². The third kappa shape index (κ3) is 2.65. The molecule has 0 aliphatic rings. The van der Waals surface area contributed by atoms with Gasteiger partial charge in [-0.1, -0.05) is 31.5 Å². The van der Waals surface area contributed by atoms with Gasteiger partial charge in [0.25, 0.3) is 0 Å². The van der Waals surface area contributed by atoms with Crippen LogP contribution in [-0.4, -0.2) is 16.1 Å². The Labute approximate surface area is 117 Å². The first-order valence-electron chi connectivity index (χ1n) is 6.23. The molecule has 102 valence electrons. The van der Waals surface area contributed by atoms with Crippen LogP contribution in [0.5, 0.6) is 0 Å². The first kappa shape index (κ1) is 14.0. The Morgan fingerprint density at radius 3 is 2.79 bits per heavy atom. The molecular formula is C14H17ClFN3. The highest BCUT2D eigenvalue weighted by Gasteiger charge is 2.20. The van der Waals surface area contributed by atoms with Crippen molar-refractivity contribution in [1.82, 2.24) is 9.55 Å². The number of halogens is 2. The average Bonchev–Trinajstić information content (AvgIpc) is 2.82. The third-order valence-electron chi connectivity index (χ3n) is 3.30. The van der Waals surface area contributed by atoms with Gasteiger partial charge in [-0.05, 0) is 18.1 Å². The van der Waals surface area contributed by atoms with Gasteiger partial charge in [0.2, 0.25) is 0 Å². The van der Waals surface area contributed by atoms with Gasteiger partial charge in [-0.2, -0.15) is 0 Å². The number of hydrogen-bond donors (Lipinski definition) is 1. The van der Waals surface area contributed by atoms with E-state index in [1.165, 1.54) is 6.07 Å². The summed E-state index contributed by atoms with van der Waals surface area (Å²) in [7, 11) is 0. The molecule has 2 aromatic rings. The van der Waals surface area contributed by atoms with Gasteiger partial charge in [0.15, 0.2) is 5.82 Å². The third-order valence-corrected chi connectivity index (χ3v) is 3.59. The molecular weight excluding hydrogens is 265 g/mol. The predicted molar refractivity (Wildman–Crippen MR) is 75.2 cm³/mol. The molecule has 1 heterocycles. The minimum atomic E-state index is -0.442. The zero-order chi connectivity index (χ0) is 14.0. The summed E-state index contributed by atoms with van der Waals surface area (Å²) < 4.78 is 15.8. The summed E-state index contributed by atoms with van der Waals surface area (Å²) in [6.07, 6.45) is 3.33. The normalized spacial score (nSPS) is 12.9. The Kier molecular flexibility index (Phi) is 4.22. The van der Waals surface area contributed by atoms with Crippen molar-refractivity contribution in [2.75, 3.05) is 6.54 Å². The van der Waals surface area contributed by atoms with E-state index in [4.69, 9.17) is 17.3 Å². The largest absolute Gasteiger partial charge is 0.330 e. The van der Waals surface area contributed by atoms with E-state index in [1.807, 2.05) is 0 Å². The molecule has 5 heteroatoms. The van der Waals surface area contributed by atoms with Gasteiger partial charge in [0.1, 0.15) is 0 Å². The Bertz CT molecular complexity index is 566. The van der Waals surface area contributed by atoms with Crippen molar-refractivity contribution in [3.05, 3.63) is 47.3 Å². The van der Waals surface area contributed by atoms with Gasteiger partial charge >= 0.3 is 0 Å². The summed E-state index contributed by atoms with van der Waals surface area (Å²) in [4.78, 5) is 4.12. The van der Waals surface area contributed by atoms with Crippen molar-refractivity contribution in [3.8, 4) is 5.69 Å². The lowest BCUT2D eigenvalue weighted by molar-refractivity contribution is 0.487. The highest BCUT2D eigenvalue weighted by atomic mass is 35.5. The molecule has 19 heavy (non-hydrogen) atoms. The second kappa shape index (κ2) is 5.72. The molecule has 1 unspecified atom stereocenters. The number of benzene rings is 1. The summed E-state index contributed by atoms with van der Waals surface area (Å²) in [5.41, 5.74) is 7.12. The Morgan fingerprint density at radius 2 is 2.16 bits per heavy atom. The topological polar surface area (TPSA) is 43.8 Å². The summed E-state index contributed by atoms with van der Waals surface area (Å²) in [6, 6.07) is 4.93. The van der Waals surface area contributed by atoms with E-state index in [1.54, 1.807) is 29.2 Å². The van der Waals surface area contributed by atoms with Crippen LogP contribution in [0.25, 0.3) is 5.69 Å². The predicted octanol–water partition coefficient (Wildman–Crippen LogP) is 3.36. The Balaban J connectivity index is 2.53. The quantitative estimate of drug-likeness (QED) is 0.934. The number of imidazole rings is 1. The van der Waals surface area contributed by atoms with E-state index in [2.05, 4.69) is 18.8 Å². The summed E-state index contributed by atoms with van der Waals surface area (Å²) in [5, 5.41) is 0.103. The lowest BCUT2D eigenvalue weighted by atomic mass is 9.93. The molecule has 1 atom stereocenters. The molecule has 0 aliphatic carbocycles. The first-order valence-corrected chi connectivity index (χ1v) is 6.60. The number of rotatable bonds is 4. The molecule has 0 saturated carbocycles. The SMILES string of the molecule is CC(C)C(CN)c1cncn1-c1cccc(Cl)c1F. The van der Waals surface area contributed by atoms with Crippen molar-refractivity contribution in [2.24, 2.45) is 11.7 Å². The van der Waals surface area contributed by atoms with Crippen LogP contribution < -0.4 is 5.73 Å². The van der Waals surface area contributed by atoms with Crippen LogP contribution in [0.15, 0.2) is 30.7 Å². The first-order chi connectivity index (χ1) is 9.06. The van der Waals surface area contributed by atoms with Crippen LogP contribution in [0.4, 0.5) is 4.39 Å². The average molecular weight is 282 g/mol. The highest BCUT2D eigenvalue weighted by Crippen LogP contribution is 2.28. The van der Waals surface area contributed by atoms with Gasteiger partial charge in [-0.3, -0.25) is 4.57 Å². The molecule has 0 radical (unpaired) electrons. The molecule has 1 aromatic carbocycles. The standard InChI is InChI=1S/C14H17ClFN3/c1-9(2)10(6-17)13-7-18-8-19(13)12-5-3-4-11(15)14(12)16/h3-5,7-10H,6,17H2,1-2H3. The minimum Gasteiger partial charge on any atom is -0.330 e. The molecule has 2 rings (SSSR count). The maximum Gasteiger partial charge on any atom is 0.165 e. The number of nitrogens with two attached hydrogens (primary N) is 1. The second-order valence-electron chi connectivity index (χ2n) is 4.85. The number of aromatic nitrogens is 2. The zero-order valence-corrected chi connectivity index (χ0v) is 11.7. The second-order valence-corrected chi connectivity index (χ2v) is 5.25. The van der Waals surface area contributed by atoms with E-state index < -0.39 is 5.82 Å². The fourth-order valence-corrected chi connectivity index (χ4v) is 2.36. The van der Waals surface area contributed by atoms with Crippen LogP contribution in [0.2, 0.25) is 5.02 Å². The smallest absolute Gasteiger partial charge is 0.165 e. The van der Waals surface area contributed by atoms with Gasteiger partial charge in [0.05, 0.1) is 17.0 Å². The fourth-order valence-electron chi connectivity index (χ4n) is 2.19. The Morgan fingerprint density at radius 1 is 1.42 bits per heavy atom. The van der Waals surface area contributed by atoms with Crippen LogP contribution in [-0.2, 0) is 0 Å². The number of nitrogens with zero attached hydrogens (tertiary/aromatic N) is 2. The summed E-state index contributed by atoms with van der Waals surface area (Å²) in [6.45, 7) is 4.66. The van der Waals surface area contributed by atoms with E-state index >= 15 is 0 Å². The van der Waals surface area contributed by atoms with Gasteiger partial charge in [-0.25, -0.2) is 9.37 Å². The molecule has 0 spiro atoms. The summed E-state index contributed by atoms with van der Waals surface area (Å²) >= 11 is 5.83. The van der Waals surface area contributed by atoms with Crippen molar-refractivity contribution >= 4 is 11.6 Å². The van der Waals surface area contributed by atoms with Gasteiger partial charge in [0, 0.05) is 24.4 Å².